The number of thiazole rings is 1. The predicted molar refractivity (Wildman–Crippen MR) is 93.8 cm³/mol. The van der Waals surface area contributed by atoms with Gasteiger partial charge in [0.15, 0.2) is 0 Å². The number of likely N-dealkylation sites (N-methyl/N-ethyl adjacent to an activating group) is 1. The monoisotopic (exact) mass is 350 g/mol. The standard InChI is InChI=1S/C17H26N4O2S/c1-20(2)7-8-21-11-12(9-16(21)22)17(23)18-10-15-19-13-5-3-4-6-14(13)24-15/h12H,3-11H2,1-2H3,(H,18,23). The summed E-state index contributed by atoms with van der Waals surface area (Å²) in [7, 11) is 3.97. The number of nitrogens with zero attached hydrogens (tertiary/aromatic N) is 3. The second kappa shape index (κ2) is 7.61. The van der Waals surface area contributed by atoms with Crippen LogP contribution in [-0.2, 0) is 29.0 Å². The third-order valence-corrected chi connectivity index (χ3v) is 5.86. The Hall–Kier alpha value is -1.47. The molecule has 2 aliphatic rings. The summed E-state index contributed by atoms with van der Waals surface area (Å²) >= 11 is 1.72. The van der Waals surface area contributed by atoms with E-state index < -0.39 is 0 Å². The smallest absolute Gasteiger partial charge is 0.225 e. The van der Waals surface area contributed by atoms with Crippen molar-refractivity contribution in [3.63, 3.8) is 0 Å². The third-order valence-electron chi connectivity index (χ3n) is 4.71. The van der Waals surface area contributed by atoms with Gasteiger partial charge < -0.3 is 15.1 Å². The Balaban J connectivity index is 1.48. The Bertz CT molecular complexity index is 590. The fourth-order valence-corrected chi connectivity index (χ4v) is 4.37. The molecule has 1 aromatic rings. The minimum atomic E-state index is -0.228. The van der Waals surface area contributed by atoms with E-state index in [1.807, 2.05) is 19.0 Å². The maximum absolute atomic E-state index is 12.4. The van der Waals surface area contributed by atoms with Gasteiger partial charge in [0, 0.05) is 30.9 Å². The van der Waals surface area contributed by atoms with Gasteiger partial charge in [-0.3, -0.25) is 9.59 Å². The van der Waals surface area contributed by atoms with Crippen molar-refractivity contribution in [2.45, 2.75) is 38.6 Å². The largest absolute Gasteiger partial charge is 0.349 e. The maximum atomic E-state index is 12.4. The first-order valence-corrected chi connectivity index (χ1v) is 9.52. The quantitative estimate of drug-likeness (QED) is 0.833. The average Bonchev–Trinajstić information content (AvgIpc) is 3.13. The van der Waals surface area contributed by atoms with Gasteiger partial charge in [0.05, 0.1) is 18.2 Å². The molecule has 1 N–H and O–H groups in total. The molecule has 3 rings (SSSR count). The lowest BCUT2D eigenvalue weighted by molar-refractivity contribution is -0.129. The number of carbonyl (C=O) groups is 2. The lowest BCUT2D eigenvalue weighted by Gasteiger charge is -2.19. The minimum Gasteiger partial charge on any atom is -0.349 e. The summed E-state index contributed by atoms with van der Waals surface area (Å²) in [6.45, 7) is 2.53. The molecule has 0 radical (unpaired) electrons. The van der Waals surface area contributed by atoms with E-state index in [1.165, 1.54) is 23.4 Å². The van der Waals surface area contributed by atoms with Gasteiger partial charge in [-0.15, -0.1) is 11.3 Å². The Morgan fingerprint density at radius 3 is 2.92 bits per heavy atom. The molecule has 1 fully saturated rings. The maximum Gasteiger partial charge on any atom is 0.225 e. The molecular formula is C17H26N4O2S. The fourth-order valence-electron chi connectivity index (χ4n) is 3.27. The fraction of sp³-hybridized carbons (Fsp3) is 0.706. The van der Waals surface area contributed by atoms with Gasteiger partial charge in [-0.25, -0.2) is 4.98 Å². The third kappa shape index (κ3) is 4.13. The highest BCUT2D eigenvalue weighted by molar-refractivity contribution is 7.11. The zero-order valence-electron chi connectivity index (χ0n) is 14.5. The zero-order chi connectivity index (χ0) is 17.1. The van der Waals surface area contributed by atoms with Crippen molar-refractivity contribution in [2.75, 3.05) is 33.7 Å². The molecule has 24 heavy (non-hydrogen) atoms. The summed E-state index contributed by atoms with van der Waals surface area (Å²) in [5, 5.41) is 3.97. The van der Waals surface area contributed by atoms with Gasteiger partial charge in [0.1, 0.15) is 5.01 Å². The molecule has 2 heterocycles. The minimum absolute atomic E-state index is 0.0242. The highest BCUT2D eigenvalue weighted by Crippen LogP contribution is 2.26. The molecule has 1 unspecified atom stereocenters. The first-order chi connectivity index (χ1) is 11.5. The van der Waals surface area contributed by atoms with E-state index in [1.54, 1.807) is 16.2 Å². The summed E-state index contributed by atoms with van der Waals surface area (Å²) in [5.41, 5.74) is 1.22. The molecule has 0 saturated carbocycles. The molecule has 1 aliphatic heterocycles. The number of aromatic nitrogens is 1. The van der Waals surface area contributed by atoms with Crippen molar-refractivity contribution in [3.05, 3.63) is 15.6 Å². The van der Waals surface area contributed by atoms with Gasteiger partial charge in [0.25, 0.3) is 0 Å². The molecule has 1 aromatic heterocycles. The first-order valence-electron chi connectivity index (χ1n) is 8.70. The second-order valence-electron chi connectivity index (χ2n) is 6.95. The molecule has 1 atom stereocenters. The van der Waals surface area contributed by atoms with Crippen LogP contribution in [0.2, 0.25) is 0 Å². The number of carbonyl (C=O) groups excluding carboxylic acids is 2. The Morgan fingerprint density at radius 1 is 1.38 bits per heavy atom. The van der Waals surface area contributed by atoms with E-state index >= 15 is 0 Å². The molecule has 7 heteroatoms. The number of likely N-dealkylation sites (tertiary alicyclic amines) is 1. The summed E-state index contributed by atoms with van der Waals surface area (Å²) in [4.78, 5) is 34.3. The van der Waals surface area contributed by atoms with Gasteiger partial charge in [-0.05, 0) is 39.8 Å². The molecule has 1 saturated heterocycles. The van der Waals surface area contributed by atoms with Crippen molar-refractivity contribution in [1.82, 2.24) is 20.1 Å². The van der Waals surface area contributed by atoms with Gasteiger partial charge in [-0.2, -0.15) is 0 Å². The van der Waals surface area contributed by atoms with Crippen molar-refractivity contribution in [3.8, 4) is 0 Å². The Morgan fingerprint density at radius 2 is 2.17 bits per heavy atom. The van der Waals surface area contributed by atoms with E-state index in [4.69, 9.17) is 0 Å². The van der Waals surface area contributed by atoms with Crippen LogP contribution in [0.5, 0.6) is 0 Å². The number of hydrogen-bond donors (Lipinski definition) is 1. The number of hydrogen-bond acceptors (Lipinski definition) is 5. The van der Waals surface area contributed by atoms with Crippen molar-refractivity contribution < 1.29 is 9.59 Å². The predicted octanol–water partition coefficient (Wildman–Crippen LogP) is 1.05. The van der Waals surface area contributed by atoms with Gasteiger partial charge in [-0.1, -0.05) is 0 Å². The summed E-state index contributed by atoms with van der Waals surface area (Å²) in [6, 6.07) is 0. The molecule has 132 valence electrons. The highest BCUT2D eigenvalue weighted by atomic mass is 32.1. The number of nitrogens with one attached hydrogen (secondary N) is 1. The zero-order valence-corrected chi connectivity index (χ0v) is 15.3. The summed E-state index contributed by atoms with van der Waals surface area (Å²) in [6.07, 6.45) is 4.98. The average molecular weight is 350 g/mol. The Kier molecular flexibility index (Phi) is 5.50. The van der Waals surface area contributed by atoms with E-state index in [0.29, 0.717) is 26.1 Å². The molecule has 0 spiro atoms. The van der Waals surface area contributed by atoms with Crippen LogP contribution in [-0.4, -0.2) is 60.3 Å². The highest BCUT2D eigenvalue weighted by Gasteiger charge is 2.34. The molecule has 6 nitrogen and oxygen atoms in total. The second-order valence-corrected chi connectivity index (χ2v) is 8.11. The van der Waals surface area contributed by atoms with Gasteiger partial charge in [0.2, 0.25) is 11.8 Å². The van der Waals surface area contributed by atoms with E-state index in [0.717, 1.165) is 24.4 Å². The molecule has 1 aliphatic carbocycles. The van der Waals surface area contributed by atoms with Crippen molar-refractivity contribution >= 4 is 23.2 Å². The first kappa shape index (κ1) is 17.4. The number of rotatable bonds is 6. The SMILES string of the molecule is CN(C)CCN1CC(C(=O)NCc2nc3c(s2)CCCC3)CC1=O. The molecule has 2 amide bonds. The lowest BCUT2D eigenvalue weighted by atomic mass is 10.0. The van der Waals surface area contributed by atoms with E-state index in [9.17, 15) is 9.59 Å². The van der Waals surface area contributed by atoms with Crippen molar-refractivity contribution in [2.24, 2.45) is 5.92 Å². The van der Waals surface area contributed by atoms with Gasteiger partial charge >= 0.3 is 0 Å². The van der Waals surface area contributed by atoms with Crippen LogP contribution < -0.4 is 5.32 Å². The van der Waals surface area contributed by atoms with Crippen LogP contribution in [0.1, 0.15) is 34.8 Å². The number of aryl methyl sites for hydroxylation is 2. The Labute approximate surface area is 147 Å². The molecule has 0 aromatic carbocycles. The molecule has 0 bridgehead atoms. The van der Waals surface area contributed by atoms with E-state index in [-0.39, 0.29) is 17.7 Å². The number of amides is 2. The lowest BCUT2D eigenvalue weighted by Crippen LogP contribution is -2.35. The van der Waals surface area contributed by atoms with Crippen LogP contribution in [0.15, 0.2) is 0 Å². The van der Waals surface area contributed by atoms with Crippen LogP contribution >= 0.6 is 11.3 Å². The van der Waals surface area contributed by atoms with E-state index in [2.05, 4.69) is 10.3 Å². The number of fused-ring (bicyclic) bond motifs is 1. The van der Waals surface area contributed by atoms with Crippen LogP contribution in [0.25, 0.3) is 0 Å². The normalized spacial score (nSPS) is 20.5. The molecular weight excluding hydrogens is 324 g/mol. The topological polar surface area (TPSA) is 65.5 Å². The van der Waals surface area contributed by atoms with Crippen LogP contribution in [0.4, 0.5) is 0 Å². The van der Waals surface area contributed by atoms with Crippen LogP contribution in [0, 0.1) is 5.92 Å². The van der Waals surface area contributed by atoms with Crippen LogP contribution in [0.3, 0.4) is 0 Å². The summed E-state index contributed by atoms with van der Waals surface area (Å²) < 4.78 is 0. The van der Waals surface area contributed by atoms with Crippen molar-refractivity contribution in [1.29, 1.82) is 0 Å². The summed E-state index contributed by atoms with van der Waals surface area (Å²) in [5.74, 6) is -0.167.